The third kappa shape index (κ3) is 8.04. The van der Waals surface area contributed by atoms with Crippen LogP contribution in [0.3, 0.4) is 0 Å². The van der Waals surface area contributed by atoms with Gasteiger partial charge in [-0.2, -0.15) is 0 Å². The predicted molar refractivity (Wildman–Crippen MR) is 126 cm³/mol. The number of rotatable bonds is 12. The molecule has 0 aliphatic carbocycles. The van der Waals surface area contributed by atoms with Crippen LogP contribution in [0.15, 0.2) is 59.5 Å². The molecular weight excluding hydrogens is 416 g/mol. The Labute approximate surface area is 189 Å². The molecule has 0 fully saturated rings. The quantitative estimate of drug-likeness (QED) is 0.343. The Kier molecular flexibility index (Phi) is 10.8. The van der Waals surface area contributed by atoms with Gasteiger partial charge in [-0.15, -0.1) is 11.8 Å². The van der Waals surface area contributed by atoms with Crippen molar-refractivity contribution in [2.75, 3.05) is 12.3 Å². The molecule has 0 bridgehead atoms. The Hall–Kier alpha value is -1.98. The van der Waals surface area contributed by atoms with Gasteiger partial charge in [-0.3, -0.25) is 9.59 Å². The first-order valence-electron chi connectivity index (χ1n) is 10.5. The van der Waals surface area contributed by atoms with E-state index >= 15 is 0 Å². The van der Waals surface area contributed by atoms with E-state index < -0.39 is 6.04 Å². The van der Waals surface area contributed by atoms with Crippen LogP contribution >= 0.6 is 23.4 Å². The summed E-state index contributed by atoms with van der Waals surface area (Å²) in [6.07, 6.45) is 2.91. The number of hydrogen-bond donors (Lipinski definition) is 1. The molecule has 2 aromatic carbocycles. The number of carbonyl (C=O) groups excluding carboxylic acids is 2. The number of unbranched alkanes of at least 4 members (excludes halogenated alkanes) is 1. The molecule has 0 spiro atoms. The minimum absolute atomic E-state index is 0.00203. The maximum atomic E-state index is 13.1. The normalized spacial score (nSPS) is 11.7. The number of hydrogen-bond acceptors (Lipinski definition) is 3. The van der Waals surface area contributed by atoms with Gasteiger partial charge in [0.1, 0.15) is 6.04 Å². The van der Waals surface area contributed by atoms with E-state index in [-0.39, 0.29) is 11.8 Å². The Morgan fingerprint density at radius 1 is 1.07 bits per heavy atom. The molecular formula is C24H31ClN2O2S. The summed E-state index contributed by atoms with van der Waals surface area (Å²) in [5, 5.41) is 3.69. The molecule has 0 heterocycles. The van der Waals surface area contributed by atoms with Crippen molar-refractivity contribution in [3.63, 3.8) is 0 Å². The number of thioether (sulfide) groups is 1. The molecule has 6 heteroatoms. The molecule has 4 nitrogen and oxygen atoms in total. The monoisotopic (exact) mass is 446 g/mol. The Morgan fingerprint density at radius 3 is 2.40 bits per heavy atom. The van der Waals surface area contributed by atoms with E-state index in [4.69, 9.17) is 11.6 Å². The molecule has 162 valence electrons. The summed E-state index contributed by atoms with van der Waals surface area (Å²) >= 11 is 7.55. The molecule has 2 aromatic rings. The van der Waals surface area contributed by atoms with Crippen molar-refractivity contribution >= 4 is 35.2 Å². The molecule has 2 amide bonds. The van der Waals surface area contributed by atoms with E-state index in [0.29, 0.717) is 36.7 Å². The van der Waals surface area contributed by atoms with E-state index in [1.807, 2.05) is 61.5 Å². The molecule has 0 aliphatic rings. The van der Waals surface area contributed by atoms with E-state index in [1.54, 1.807) is 16.7 Å². The summed E-state index contributed by atoms with van der Waals surface area (Å²) in [5.41, 5.74) is 1.02. The number of benzene rings is 2. The Bertz CT molecular complexity index is 784. The summed E-state index contributed by atoms with van der Waals surface area (Å²) in [6.45, 7) is 5.13. The zero-order valence-corrected chi connectivity index (χ0v) is 19.3. The van der Waals surface area contributed by atoms with Gasteiger partial charge in [-0.05, 0) is 42.7 Å². The standard InChI is InChI=1S/C24H31ClN2O2S/c1-3-5-16-26-24(29)22(4-2)27(18-19-9-7-6-8-10-19)23(28)15-17-30-21-13-11-20(25)12-14-21/h6-14,22H,3-5,15-18H2,1-2H3,(H,26,29)/t22-/m1/s1. The fraction of sp³-hybridized carbons (Fsp3) is 0.417. The zero-order chi connectivity index (χ0) is 21.8. The minimum Gasteiger partial charge on any atom is -0.354 e. The van der Waals surface area contributed by atoms with Crippen LogP contribution in [0.4, 0.5) is 0 Å². The Balaban J connectivity index is 2.05. The van der Waals surface area contributed by atoms with Crippen molar-refractivity contribution in [3.05, 3.63) is 65.2 Å². The van der Waals surface area contributed by atoms with Crippen LogP contribution in [0.5, 0.6) is 0 Å². The SMILES string of the molecule is CCCCNC(=O)[C@@H](CC)N(Cc1ccccc1)C(=O)CCSc1ccc(Cl)cc1. The van der Waals surface area contributed by atoms with Gasteiger partial charge >= 0.3 is 0 Å². The van der Waals surface area contributed by atoms with E-state index in [0.717, 1.165) is 23.3 Å². The van der Waals surface area contributed by atoms with Crippen molar-refractivity contribution in [1.82, 2.24) is 10.2 Å². The molecule has 30 heavy (non-hydrogen) atoms. The molecule has 0 aromatic heterocycles. The lowest BCUT2D eigenvalue weighted by atomic mass is 10.1. The highest BCUT2D eigenvalue weighted by atomic mass is 35.5. The molecule has 0 saturated heterocycles. The van der Waals surface area contributed by atoms with Crippen LogP contribution in [0.2, 0.25) is 5.02 Å². The number of amides is 2. The zero-order valence-electron chi connectivity index (χ0n) is 17.8. The van der Waals surface area contributed by atoms with Crippen LogP contribution in [0.25, 0.3) is 0 Å². The van der Waals surface area contributed by atoms with Crippen molar-refractivity contribution in [2.45, 2.75) is 57.0 Å². The maximum absolute atomic E-state index is 13.1. The lowest BCUT2D eigenvalue weighted by Gasteiger charge is -2.30. The first kappa shape index (κ1) is 24.3. The van der Waals surface area contributed by atoms with E-state index in [2.05, 4.69) is 12.2 Å². The highest BCUT2D eigenvalue weighted by Gasteiger charge is 2.28. The lowest BCUT2D eigenvalue weighted by Crippen LogP contribution is -2.49. The summed E-state index contributed by atoms with van der Waals surface area (Å²) < 4.78 is 0. The van der Waals surface area contributed by atoms with Gasteiger partial charge in [0.2, 0.25) is 11.8 Å². The number of nitrogens with one attached hydrogen (secondary N) is 1. The van der Waals surface area contributed by atoms with Gasteiger partial charge in [0.15, 0.2) is 0 Å². The number of halogens is 1. The van der Waals surface area contributed by atoms with Crippen molar-refractivity contribution < 1.29 is 9.59 Å². The molecule has 0 unspecified atom stereocenters. The summed E-state index contributed by atoms with van der Waals surface area (Å²) in [5.74, 6) is 0.581. The van der Waals surface area contributed by atoms with Gasteiger partial charge in [-0.25, -0.2) is 0 Å². The van der Waals surface area contributed by atoms with Gasteiger partial charge in [0.05, 0.1) is 0 Å². The van der Waals surface area contributed by atoms with Crippen LogP contribution in [-0.4, -0.2) is 35.1 Å². The predicted octanol–water partition coefficient (Wildman–Crippen LogP) is 5.55. The highest BCUT2D eigenvalue weighted by molar-refractivity contribution is 7.99. The van der Waals surface area contributed by atoms with Gasteiger partial charge in [0, 0.05) is 35.2 Å². The second-order valence-corrected chi connectivity index (χ2v) is 8.73. The Morgan fingerprint density at radius 2 is 1.77 bits per heavy atom. The molecule has 1 atom stereocenters. The third-order valence-electron chi connectivity index (χ3n) is 4.81. The number of nitrogens with zero attached hydrogens (tertiary/aromatic N) is 1. The van der Waals surface area contributed by atoms with Crippen molar-refractivity contribution in [1.29, 1.82) is 0 Å². The van der Waals surface area contributed by atoms with E-state index in [9.17, 15) is 9.59 Å². The minimum atomic E-state index is -0.463. The first-order valence-corrected chi connectivity index (χ1v) is 11.9. The average molecular weight is 447 g/mol. The average Bonchev–Trinajstić information content (AvgIpc) is 2.76. The largest absolute Gasteiger partial charge is 0.354 e. The summed E-state index contributed by atoms with van der Waals surface area (Å²) in [7, 11) is 0. The third-order valence-corrected chi connectivity index (χ3v) is 6.08. The van der Waals surface area contributed by atoms with Gasteiger partial charge in [0.25, 0.3) is 0 Å². The molecule has 0 radical (unpaired) electrons. The summed E-state index contributed by atoms with van der Waals surface area (Å²) in [4.78, 5) is 28.7. The first-order chi connectivity index (χ1) is 14.5. The van der Waals surface area contributed by atoms with Gasteiger partial charge in [-0.1, -0.05) is 62.2 Å². The second-order valence-electron chi connectivity index (χ2n) is 7.13. The van der Waals surface area contributed by atoms with E-state index in [1.165, 1.54) is 0 Å². The second kappa shape index (κ2) is 13.3. The fourth-order valence-corrected chi connectivity index (χ4v) is 4.10. The smallest absolute Gasteiger partial charge is 0.242 e. The molecule has 1 N–H and O–H groups in total. The highest BCUT2D eigenvalue weighted by Crippen LogP contribution is 2.22. The molecule has 0 aliphatic heterocycles. The number of carbonyl (C=O) groups is 2. The summed E-state index contributed by atoms with van der Waals surface area (Å²) in [6, 6.07) is 17.0. The van der Waals surface area contributed by atoms with Gasteiger partial charge < -0.3 is 10.2 Å². The van der Waals surface area contributed by atoms with Crippen molar-refractivity contribution in [2.24, 2.45) is 0 Å². The maximum Gasteiger partial charge on any atom is 0.242 e. The lowest BCUT2D eigenvalue weighted by molar-refractivity contribution is -0.141. The molecule has 0 saturated carbocycles. The fourth-order valence-electron chi connectivity index (χ4n) is 3.14. The van der Waals surface area contributed by atoms with Crippen LogP contribution < -0.4 is 5.32 Å². The topological polar surface area (TPSA) is 49.4 Å². The van der Waals surface area contributed by atoms with Crippen molar-refractivity contribution in [3.8, 4) is 0 Å². The van der Waals surface area contributed by atoms with Crippen LogP contribution in [-0.2, 0) is 16.1 Å². The van der Waals surface area contributed by atoms with Crippen LogP contribution in [0.1, 0.15) is 45.1 Å². The van der Waals surface area contributed by atoms with Crippen LogP contribution in [0, 0.1) is 0 Å². The molecule has 2 rings (SSSR count).